The number of alkyl halides is 3. The summed E-state index contributed by atoms with van der Waals surface area (Å²) in [7, 11) is 0. The SMILES string of the molecule is Cc1cc(Oc2ccc(CC(=O)Cc3ccc(Cl)c(C(F)(F)F)c3)c(F)c2)ccn1. The van der Waals surface area contributed by atoms with E-state index in [1.165, 1.54) is 18.2 Å². The predicted molar refractivity (Wildman–Crippen MR) is 104 cm³/mol. The lowest BCUT2D eigenvalue weighted by molar-refractivity contribution is -0.137. The summed E-state index contributed by atoms with van der Waals surface area (Å²) in [5.74, 6) is -0.322. The van der Waals surface area contributed by atoms with E-state index >= 15 is 0 Å². The molecular formula is C22H16ClF4NO2. The highest BCUT2D eigenvalue weighted by Gasteiger charge is 2.33. The monoisotopic (exact) mass is 437 g/mol. The minimum absolute atomic E-state index is 0.128. The molecule has 3 rings (SSSR count). The number of carbonyl (C=O) groups is 1. The second-order valence-electron chi connectivity index (χ2n) is 6.69. The number of Topliss-reactive ketones (excluding diaryl/α,β-unsaturated/α-hetero) is 1. The summed E-state index contributed by atoms with van der Waals surface area (Å²) in [6.07, 6.45) is -3.58. The minimum atomic E-state index is -4.62. The molecule has 0 aliphatic rings. The number of ether oxygens (including phenoxy) is 1. The Morgan fingerprint density at radius 1 is 1.03 bits per heavy atom. The first-order chi connectivity index (χ1) is 14.1. The van der Waals surface area contributed by atoms with Crippen molar-refractivity contribution in [1.82, 2.24) is 4.98 Å². The molecule has 1 aromatic heterocycles. The van der Waals surface area contributed by atoms with Gasteiger partial charge in [-0.3, -0.25) is 9.78 Å². The van der Waals surface area contributed by atoms with Crippen LogP contribution in [-0.2, 0) is 23.8 Å². The van der Waals surface area contributed by atoms with Crippen molar-refractivity contribution in [2.75, 3.05) is 0 Å². The van der Waals surface area contributed by atoms with E-state index in [-0.39, 0.29) is 29.7 Å². The Balaban J connectivity index is 1.68. The number of hydrogen-bond donors (Lipinski definition) is 0. The van der Waals surface area contributed by atoms with Gasteiger partial charge in [-0.15, -0.1) is 0 Å². The maximum atomic E-state index is 14.4. The zero-order chi connectivity index (χ0) is 21.9. The number of rotatable bonds is 6. The summed E-state index contributed by atoms with van der Waals surface area (Å²) in [4.78, 5) is 16.3. The van der Waals surface area contributed by atoms with Crippen molar-refractivity contribution in [3.8, 4) is 11.5 Å². The van der Waals surface area contributed by atoms with E-state index in [9.17, 15) is 22.4 Å². The van der Waals surface area contributed by atoms with Crippen molar-refractivity contribution in [2.45, 2.75) is 25.9 Å². The fraction of sp³-hybridized carbons (Fsp3) is 0.182. The number of pyridine rings is 1. The van der Waals surface area contributed by atoms with Gasteiger partial charge in [0.1, 0.15) is 23.1 Å². The molecule has 0 N–H and O–H groups in total. The quantitative estimate of drug-likeness (QED) is 0.422. The zero-order valence-corrected chi connectivity index (χ0v) is 16.5. The first-order valence-electron chi connectivity index (χ1n) is 8.88. The Morgan fingerprint density at radius 3 is 2.43 bits per heavy atom. The van der Waals surface area contributed by atoms with Crippen molar-refractivity contribution < 1.29 is 27.1 Å². The molecule has 1 heterocycles. The van der Waals surface area contributed by atoms with E-state index in [1.807, 2.05) is 0 Å². The third-order valence-corrected chi connectivity index (χ3v) is 4.58. The van der Waals surface area contributed by atoms with Crippen molar-refractivity contribution in [3.05, 3.63) is 88.0 Å². The van der Waals surface area contributed by atoms with Gasteiger partial charge in [0, 0.05) is 36.9 Å². The van der Waals surface area contributed by atoms with E-state index in [4.69, 9.17) is 16.3 Å². The van der Waals surface area contributed by atoms with Crippen molar-refractivity contribution in [2.24, 2.45) is 0 Å². The Hall–Kier alpha value is -2.93. The average Bonchev–Trinajstić information content (AvgIpc) is 2.65. The molecule has 156 valence electrons. The van der Waals surface area contributed by atoms with Gasteiger partial charge < -0.3 is 4.74 Å². The number of aryl methyl sites for hydroxylation is 1. The van der Waals surface area contributed by atoms with Gasteiger partial charge in [-0.1, -0.05) is 23.7 Å². The van der Waals surface area contributed by atoms with Crippen LogP contribution in [0.15, 0.2) is 54.7 Å². The third-order valence-electron chi connectivity index (χ3n) is 4.25. The molecule has 0 spiro atoms. The normalized spacial score (nSPS) is 11.4. The molecule has 0 bridgehead atoms. The number of hydrogen-bond acceptors (Lipinski definition) is 3. The number of aromatic nitrogens is 1. The molecule has 0 saturated carbocycles. The second-order valence-corrected chi connectivity index (χ2v) is 7.10. The molecule has 0 aliphatic heterocycles. The molecule has 0 amide bonds. The Labute approximate surface area is 175 Å². The lowest BCUT2D eigenvalue weighted by atomic mass is 10.0. The first kappa shape index (κ1) is 21.8. The standard InChI is InChI=1S/C22H16ClF4NO2/c1-13-8-18(6-7-28-13)30-17-4-3-15(21(24)12-17)11-16(29)9-14-2-5-20(23)19(10-14)22(25,26)27/h2-8,10,12H,9,11H2,1H3. The molecule has 0 aliphatic carbocycles. The highest BCUT2D eigenvalue weighted by atomic mass is 35.5. The van der Waals surface area contributed by atoms with Crippen molar-refractivity contribution in [3.63, 3.8) is 0 Å². The van der Waals surface area contributed by atoms with Crippen molar-refractivity contribution >= 4 is 17.4 Å². The van der Waals surface area contributed by atoms with Crippen LogP contribution in [0.5, 0.6) is 11.5 Å². The van der Waals surface area contributed by atoms with E-state index in [0.717, 1.165) is 23.9 Å². The van der Waals surface area contributed by atoms with Crippen LogP contribution in [0.4, 0.5) is 17.6 Å². The van der Waals surface area contributed by atoms with Crippen LogP contribution in [0.2, 0.25) is 5.02 Å². The van der Waals surface area contributed by atoms with Crippen LogP contribution >= 0.6 is 11.6 Å². The molecule has 30 heavy (non-hydrogen) atoms. The van der Waals surface area contributed by atoms with Crippen LogP contribution in [-0.4, -0.2) is 10.8 Å². The number of carbonyl (C=O) groups excluding carboxylic acids is 1. The molecule has 0 atom stereocenters. The van der Waals surface area contributed by atoms with Gasteiger partial charge in [-0.05, 0) is 42.3 Å². The lowest BCUT2D eigenvalue weighted by Gasteiger charge is -2.11. The molecule has 2 aromatic carbocycles. The number of benzene rings is 2. The highest BCUT2D eigenvalue weighted by Crippen LogP contribution is 2.35. The molecule has 0 unspecified atom stereocenters. The van der Waals surface area contributed by atoms with Crippen LogP contribution in [0.1, 0.15) is 22.4 Å². The molecule has 3 nitrogen and oxygen atoms in total. The molecule has 0 saturated heterocycles. The van der Waals surface area contributed by atoms with Gasteiger partial charge >= 0.3 is 6.18 Å². The number of halogens is 5. The third kappa shape index (κ3) is 5.57. The fourth-order valence-corrected chi connectivity index (χ4v) is 3.08. The predicted octanol–water partition coefficient (Wildman–Crippen LogP) is 6.35. The Bertz CT molecular complexity index is 1080. The molecule has 3 aromatic rings. The largest absolute Gasteiger partial charge is 0.457 e. The Morgan fingerprint density at radius 2 is 1.77 bits per heavy atom. The maximum Gasteiger partial charge on any atom is 0.417 e. The van der Waals surface area contributed by atoms with E-state index in [0.29, 0.717) is 5.75 Å². The van der Waals surface area contributed by atoms with Gasteiger partial charge in [0.15, 0.2) is 0 Å². The average molecular weight is 438 g/mol. The van der Waals surface area contributed by atoms with E-state index < -0.39 is 28.4 Å². The van der Waals surface area contributed by atoms with Gasteiger partial charge in [0.05, 0.1) is 10.6 Å². The van der Waals surface area contributed by atoms with Crippen molar-refractivity contribution in [1.29, 1.82) is 0 Å². The number of nitrogens with zero attached hydrogens (tertiary/aromatic N) is 1. The summed E-state index contributed by atoms with van der Waals surface area (Å²) in [5.41, 5.74) is 0.0213. The lowest BCUT2D eigenvalue weighted by Crippen LogP contribution is -2.10. The summed E-state index contributed by atoms with van der Waals surface area (Å²) in [6.45, 7) is 1.79. The topological polar surface area (TPSA) is 39.2 Å². The Kier molecular flexibility index (Phi) is 6.41. The number of ketones is 1. The summed E-state index contributed by atoms with van der Waals surface area (Å²) in [5, 5.41) is -0.440. The summed E-state index contributed by atoms with van der Waals surface area (Å²) < 4.78 is 58.8. The molecule has 0 radical (unpaired) electrons. The van der Waals surface area contributed by atoms with E-state index in [1.54, 1.807) is 25.3 Å². The van der Waals surface area contributed by atoms with Crippen LogP contribution in [0.25, 0.3) is 0 Å². The van der Waals surface area contributed by atoms with Gasteiger partial charge in [-0.25, -0.2) is 4.39 Å². The van der Waals surface area contributed by atoms with E-state index in [2.05, 4.69) is 4.98 Å². The zero-order valence-electron chi connectivity index (χ0n) is 15.8. The van der Waals surface area contributed by atoms with Gasteiger partial charge in [0.2, 0.25) is 0 Å². The maximum absolute atomic E-state index is 14.4. The van der Waals surface area contributed by atoms with Crippen LogP contribution in [0.3, 0.4) is 0 Å². The molecular weight excluding hydrogens is 422 g/mol. The second kappa shape index (κ2) is 8.83. The highest BCUT2D eigenvalue weighted by molar-refractivity contribution is 6.31. The fourth-order valence-electron chi connectivity index (χ4n) is 2.86. The van der Waals surface area contributed by atoms with Gasteiger partial charge in [-0.2, -0.15) is 13.2 Å². The smallest absolute Gasteiger partial charge is 0.417 e. The summed E-state index contributed by atoms with van der Waals surface area (Å²) >= 11 is 5.58. The van der Waals surface area contributed by atoms with Crippen LogP contribution in [0, 0.1) is 12.7 Å². The van der Waals surface area contributed by atoms with Crippen LogP contribution < -0.4 is 4.74 Å². The summed E-state index contributed by atoms with van der Waals surface area (Å²) in [6, 6.07) is 10.7. The first-order valence-corrected chi connectivity index (χ1v) is 9.26. The minimum Gasteiger partial charge on any atom is -0.457 e. The molecule has 8 heteroatoms. The van der Waals surface area contributed by atoms with Gasteiger partial charge in [0.25, 0.3) is 0 Å². The molecule has 0 fully saturated rings.